The molecular weight excluding hydrogens is 328 g/mol. The van der Waals surface area contributed by atoms with Crippen molar-refractivity contribution in [3.05, 3.63) is 59.2 Å². The van der Waals surface area contributed by atoms with E-state index in [0.717, 1.165) is 5.69 Å². The van der Waals surface area contributed by atoms with E-state index in [1.807, 2.05) is 30.3 Å². The van der Waals surface area contributed by atoms with Gasteiger partial charge in [0.1, 0.15) is 16.7 Å². The van der Waals surface area contributed by atoms with Gasteiger partial charge in [-0.1, -0.05) is 28.6 Å². The highest BCUT2D eigenvalue weighted by molar-refractivity contribution is 7.90. The standard InChI is InChI=1S/C16H18N4O3S/c1-11-15(12(2)23-18-11)10-24(21,22)13(3)16-9-20(19-17-16)14-7-5-4-6-8-14/h4-9,13H,10H2,1-3H3/t13-/m1/s1. The third-order valence-electron chi connectivity index (χ3n) is 4.01. The summed E-state index contributed by atoms with van der Waals surface area (Å²) in [5, 5.41) is 11.1. The van der Waals surface area contributed by atoms with Gasteiger partial charge in [0.25, 0.3) is 0 Å². The Bertz CT molecular complexity index is 925. The van der Waals surface area contributed by atoms with Gasteiger partial charge in [-0.05, 0) is 32.9 Å². The van der Waals surface area contributed by atoms with Crippen LogP contribution in [0.15, 0.2) is 41.1 Å². The van der Waals surface area contributed by atoms with E-state index in [9.17, 15) is 8.42 Å². The Morgan fingerprint density at radius 1 is 1.21 bits per heavy atom. The van der Waals surface area contributed by atoms with Crippen molar-refractivity contribution in [1.29, 1.82) is 0 Å². The highest BCUT2D eigenvalue weighted by atomic mass is 32.2. The zero-order valence-electron chi connectivity index (χ0n) is 13.7. The van der Waals surface area contributed by atoms with Gasteiger partial charge in [-0.15, -0.1) is 5.10 Å². The van der Waals surface area contributed by atoms with E-state index < -0.39 is 15.1 Å². The van der Waals surface area contributed by atoms with Gasteiger partial charge in [-0.3, -0.25) is 0 Å². The Balaban J connectivity index is 1.86. The highest BCUT2D eigenvalue weighted by Gasteiger charge is 2.28. The summed E-state index contributed by atoms with van der Waals surface area (Å²) < 4.78 is 32.0. The average Bonchev–Trinajstić information content (AvgIpc) is 3.17. The van der Waals surface area contributed by atoms with E-state index in [1.165, 1.54) is 0 Å². The maximum Gasteiger partial charge on any atom is 0.163 e. The average molecular weight is 346 g/mol. The molecule has 0 aliphatic carbocycles. The van der Waals surface area contributed by atoms with E-state index in [0.29, 0.717) is 22.7 Å². The van der Waals surface area contributed by atoms with Gasteiger partial charge in [0.15, 0.2) is 9.84 Å². The molecule has 0 saturated heterocycles. The molecule has 126 valence electrons. The maximum atomic E-state index is 12.7. The molecule has 1 atom stereocenters. The van der Waals surface area contributed by atoms with E-state index in [-0.39, 0.29) is 5.75 Å². The molecule has 8 heteroatoms. The summed E-state index contributed by atoms with van der Waals surface area (Å²) >= 11 is 0. The largest absolute Gasteiger partial charge is 0.361 e. The number of nitrogens with zero attached hydrogens (tertiary/aromatic N) is 4. The molecule has 2 heterocycles. The molecule has 0 fully saturated rings. The van der Waals surface area contributed by atoms with Gasteiger partial charge in [0.05, 0.1) is 23.3 Å². The Hall–Kier alpha value is -2.48. The molecule has 0 bridgehead atoms. The second-order valence-electron chi connectivity index (χ2n) is 5.68. The van der Waals surface area contributed by atoms with Gasteiger partial charge in [0, 0.05) is 5.56 Å². The van der Waals surface area contributed by atoms with Gasteiger partial charge in [0.2, 0.25) is 0 Å². The molecule has 0 unspecified atom stereocenters. The number of sulfone groups is 1. The number of para-hydroxylation sites is 1. The number of aryl methyl sites for hydroxylation is 2. The van der Waals surface area contributed by atoms with E-state index in [4.69, 9.17) is 4.52 Å². The Morgan fingerprint density at radius 2 is 1.92 bits per heavy atom. The van der Waals surface area contributed by atoms with E-state index in [2.05, 4.69) is 15.5 Å². The molecule has 0 spiro atoms. The lowest BCUT2D eigenvalue weighted by molar-refractivity contribution is 0.392. The lowest BCUT2D eigenvalue weighted by Crippen LogP contribution is -2.14. The summed E-state index contributed by atoms with van der Waals surface area (Å²) in [6, 6.07) is 9.42. The van der Waals surface area contributed by atoms with Gasteiger partial charge < -0.3 is 4.52 Å². The first kappa shape index (κ1) is 16.4. The molecule has 3 aromatic rings. The summed E-state index contributed by atoms with van der Waals surface area (Å²) in [4.78, 5) is 0. The van der Waals surface area contributed by atoms with Crippen LogP contribution in [0.5, 0.6) is 0 Å². The monoisotopic (exact) mass is 346 g/mol. The predicted molar refractivity (Wildman–Crippen MR) is 88.4 cm³/mol. The zero-order valence-corrected chi connectivity index (χ0v) is 14.5. The lowest BCUT2D eigenvalue weighted by atomic mass is 10.2. The molecule has 0 saturated carbocycles. The number of rotatable bonds is 5. The number of aromatic nitrogens is 4. The molecule has 0 aliphatic rings. The quantitative estimate of drug-likeness (QED) is 0.705. The van der Waals surface area contributed by atoms with Crippen molar-refractivity contribution in [3.8, 4) is 5.69 Å². The summed E-state index contributed by atoms with van der Waals surface area (Å²) in [7, 11) is -3.47. The van der Waals surface area contributed by atoms with Crippen molar-refractivity contribution in [2.24, 2.45) is 0 Å². The van der Waals surface area contributed by atoms with Gasteiger partial charge in [-0.25, -0.2) is 13.1 Å². The number of hydrogen-bond donors (Lipinski definition) is 0. The molecule has 3 rings (SSSR count). The molecular formula is C16H18N4O3S. The normalized spacial score (nSPS) is 13.1. The van der Waals surface area contributed by atoms with Crippen LogP contribution in [0.1, 0.15) is 34.9 Å². The minimum Gasteiger partial charge on any atom is -0.361 e. The van der Waals surface area contributed by atoms with Crippen molar-refractivity contribution in [2.75, 3.05) is 0 Å². The van der Waals surface area contributed by atoms with Crippen LogP contribution in [-0.4, -0.2) is 28.6 Å². The smallest absolute Gasteiger partial charge is 0.163 e. The van der Waals surface area contributed by atoms with Crippen LogP contribution in [0.2, 0.25) is 0 Å². The van der Waals surface area contributed by atoms with E-state index in [1.54, 1.807) is 31.6 Å². The molecule has 24 heavy (non-hydrogen) atoms. The van der Waals surface area contributed by atoms with Crippen LogP contribution < -0.4 is 0 Å². The molecule has 0 radical (unpaired) electrons. The minimum atomic E-state index is -3.47. The fraction of sp³-hybridized carbons (Fsp3) is 0.312. The Morgan fingerprint density at radius 3 is 2.54 bits per heavy atom. The van der Waals surface area contributed by atoms with Crippen LogP contribution in [0, 0.1) is 13.8 Å². The van der Waals surface area contributed by atoms with Gasteiger partial charge >= 0.3 is 0 Å². The molecule has 0 amide bonds. The topological polar surface area (TPSA) is 90.9 Å². The van der Waals surface area contributed by atoms with Crippen molar-refractivity contribution in [2.45, 2.75) is 31.8 Å². The molecule has 0 aliphatic heterocycles. The number of benzene rings is 1. The first-order valence-electron chi connectivity index (χ1n) is 7.49. The predicted octanol–water partition coefficient (Wildman–Crippen LogP) is 2.55. The van der Waals surface area contributed by atoms with Crippen LogP contribution in [-0.2, 0) is 15.6 Å². The SMILES string of the molecule is Cc1noc(C)c1CS(=O)(=O)[C@H](C)c1cn(-c2ccccc2)nn1. The summed E-state index contributed by atoms with van der Waals surface area (Å²) in [5.74, 6) is 0.393. The van der Waals surface area contributed by atoms with Crippen molar-refractivity contribution < 1.29 is 12.9 Å². The first-order valence-corrected chi connectivity index (χ1v) is 9.21. The summed E-state index contributed by atoms with van der Waals surface area (Å²) in [6.45, 7) is 5.06. The Labute approximate surface area is 140 Å². The molecule has 7 nitrogen and oxygen atoms in total. The maximum absolute atomic E-state index is 12.7. The molecule has 2 aromatic heterocycles. The summed E-state index contributed by atoms with van der Waals surface area (Å²) in [5.41, 5.74) is 2.44. The van der Waals surface area contributed by atoms with Crippen LogP contribution in [0.4, 0.5) is 0 Å². The van der Waals surface area contributed by atoms with Crippen LogP contribution >= 0.6 is 0 Å². The van der Waals surface area contributed by atoms with E-state index >= 15 is 0 Å². The molecule has 0 N–H and O–H groups in total. The first-order chi connectivity index (χ1) is 11.4. The van der Waals surface area contributed by atoms with Crippen molar-refractivity contribution in [3.63, 3.8) is 0 Å². The highest BCUT2D eigenvalue weighted by Crippen LogP contribution is 2.26. The van der Waals surface area contributed by atoms with Crippen LogP contribution in [0.3, 0.4) is 0 Å². The van der Waals surface area contributed by atoms with Gasteiger partial charge in [-0.2, -0.15) is 0 Å². The number of hydrogen-bond acceptors (Lipinski definition) is 6. The summed E-state index contributed by atoms with van der Waals surface area (Å²) in [6.07, 6.45) is 1.64. The van der Waals surface area contributed by atoms with Crippen molar-refractivity contribution >= 4 is 9.84 Å². The zero-order chi connectivity index (χ0) is 17.3. The lowest BCUT2D eigenvalue weighted by Gasteiger charge is -2.09. The fourth-order valence-electron chi connectivity index (χ4n) is 2.39. The molecule has 1 aromatic carbocycles. The van der Waals surface area contributed by atoms with Crippen molar-refractivity contribution in [1.82, 2.24) is 20.2 Å². The third-order valence-corrected chi connectivity index (χ3v) is 6.02. The second kappa shape index (κ2) is 6.20. The third kappa shape index (κ3) is 3.09. The Kier molecular flexibility index (Phi) is 4.23. The second-order valence-corrected chi connectivity index (χ2v) is 8.00. The fourth-order valence-corrected chi connectivity index (χ4v) is 3.93. The van der Waals surface area contributed by atoms with Crippen LogP contribution in [0.25, 0.3) is 5.69 Å². The minimum absolute atomic E-state index is 0.131.